The van der Waals surface area contributed by atoms with Gasteiger partial charge >= 0.3 is 5.97 Å². The normalized spacial score (nSPS) is 17.6. The Morgan fingerprint density at radius 1 is 1.07 bits per heavy atom. The van der Waals surface area contributed by atoms with Crippen LogP contribution in [-0.4, -0.2) is 28.6 Å². The molecule has 4 heteroatoms. The van der Waals surface area contributed by atoms with Gasteiger partial charge in [-0.3, -0.25) is 9.69 Å². The molecule has 1 heterocycles. The van der Waals surface area contributed by atoms with Gasteiger partial charge in [-0.1, -0.05) is 66.7 Å². The van der Waals surface area contributed by atoms with Crippen molar-refractivity contribution in [2.45, 2.75) is 38.5 Å². The van der Waals surface area contributed by atoms with Crippen LogP contribution in [-0.2, 0) is 11.4 Å². The molecule has 3 aromatic rings. The summed E-state index contributed by atoms with van der Waals surface area (Å²) in [6.45, 7) is 3.36. The molecule has 3 aromatic carbocycles. The molecule has 2 unspecified atom stereocenters. The van der Waals surface area contributed by atoms with Crippen LogP contribution in [0.5, 0.6) is 5.75 Å². The Hall–Kier alpha value is -3.11. The average Bonchev–Trinajstić information content (AvgIpc) is 3.25. The first kappa shape index (κ1) is 20.2. The minimum Gasteiger partial charge on any atom is -0.489 e. The fourth-order valence-corrected chi connectivity index (χ4v) is 4.32. The van der Waals surface area contributed by atoms with Crippen LogP contribution in [0.2, 0.25) is 0 Å². The first-order valence-electron chi connectivity index (χ1n) is 10.4. The Balaban J connectivity index is 1.67. The number of carbonyl (C=O) groups is 1. The molecule has 30 heavy (non-hydrogen) atoms. The van der Waals surface area contributed by atoms with Gasteiger partial charge in [0.25, 0.3) is 0 Å². The standard InChI is InChI=1S/C26H27NO3/c1-19-9-5-6-14-23(19)25(27-16-8-15-24(27)26(28)29)21-12-7-13-22(17-21)30-18-20-10-3-2-4-11-20/h2-7,9-14,17,24-25H,8,15-16,18H2,1H3,(H,28,29). The van der Waals surface area contributed by atoms with E-state index in [1.54, 1.807) is 0 Å². The van der Waals surface area contributed by atoms with Crippen molar-refractivity contribution in [1.82, 2.24) is 4.90 Å². The second-order valence-corrected chi connectivity index (χ2v) is 7.84. The summed E-state index contributed by atoms with van der Waals surface area (Å²) in [5, 5.41) is 9.79. The van der Waals surface area contributed by atoms with Gasteiger partial charge in [-0.2, -0.15) is 0 Å². The van der Waals surface area contributed by atoms with E-state index in [-0.39, 0.29) is 6.04 Å². The maximum absolute atomic E-state index is 11.9. The molecule has 1 aliphatic rings. The van der Waals surface area contributed by atoms with Crippen LogP contribution >= 0.6 is 0 Å². The predicted octanol–water partition coefficient (Wildman–Crippen LogP) is 5.21. The minimum atomic E-state index is -0.748. The van der Waals surface area contributed by atoms with Gasteiger partial charge in [0.05, 0.1) is 6.04 Å². The van der Waals surface area contributed by atoms with E-state index in [4.69, 9.17) is 4.74 Å². The number of likely N-dealkylation sites (tertiary alicyclic amines) is 1. The number of carboxylic acid groups (broad SMARTS) is 1. The highest BCUT2D eigenvalue weighted by Crippen LogP contribution is 2.37. The summed E-state index contributed by atoms with van der Waals surface area (Å²) in [7, 11) is 0. The molecular weight excluding hydrogens is 374 g/mol. The predicted molar refractivity (Wildman–Crippen MR) is 118 cm³/mol. The minimum absolute atomic E-state index is 0.116. The van der Waals surface area contributed by atoms with Crippen LogP contribution in [0.3, 0.4) is 0 Å². The molecule has 154 valence electrons. The highest BCUT2D eigenvalue weighted by Gasteiger charge is 2.37. The molecule has 0 radical (unpaired) electrons. The van der Waals surface area contributed by atoms with E-state index < -0.39 is 12.0 Å². The van der Waals surface area contributed by atoms with Crippen molar-refractivity contribution >= 4 is 5.97 Å². The molecule has 1 fully saturated rings. The van der Waals surface area contributed by atoms with Crippen molar-refractivity contribution in [1.29, 1.82) is 0 Å². The van der Waals surface area contributed by atoms with Crippen molar-refractivity contribution in [2.75, 3.05) is 6.54 Å². The fourth-order valence-electron chi connectivity index (χ4n) is 4.32. The summed E-state index contributed by atoms with van der Waals surface area (Å²) in [6.07, 6.45) is 1.57. The molecule has 0 aliphatic carbocycles. The molecule has 1 aliphatic heterocycles. The summed E-state index contributed by atoms with van der Waals surface area (Å²) in [5.74, 6) is 0.0450. The average molecular weight is 402 g/mol. The van der Waals surface area contributed by atoms with Crippen LogP contribution in [0.4, 0.5) is 0 Å². The Morgan fingerprint density at radius 3 is 2.60 bits per heavy atom. The van der Waals surface area contributed by atoms with E-state index in [1.807, 2.05) is 54.6 Å². The summed E-state index contributed by atoms with van der Waals surface area (Å²) < 4.78 is 6.05. The number of aliphatic carboxylic acids is 1. The van der Waals surface area contributed by atoms with Crippen molar-refractivity contribution < 1.29 is 14.6 Å². The quantitative estimate of drug-likeness (QED) is 0.590. The highest BCUT2D eigenvalue weighted by atomic mass is 16.5. The molecular formula is C26H27NO3. The van der Waals surface area contributed by atoms with Crippen LogP contribution < -0.4 is 4.74 Å². The molecule has 0 aromatic heterocycles. The van der Waals surface area contributed by atoms with Crippen molar-refractivity contribution in [2.24, 2.45) is 0 Å². The van der Waals surface area contributed by atoms with E-state index in [1.165, 1.54) is 0 Å². The Morgan fingerprint density at radius 2 is 1.83 bits per heavy atom. The van der Waals surface area contributed by atoms with Gasteiger partial charge < -0.3 is 9.84 Å². The molecule has 0 spiro atoms. The number of benzene rings is 3. The second-order valence-electron chi connectivity index (χ2n) is 7.84. The number of carboxylic acids is 1. The Labute approximate surface area is 177 Å². The number of hydrogen-bond acceptors (Lipinski definition) is 3. The van der Waals surface area contributed by atoms with Crippen molar-refractivity contribution in [3.63, 3.8) is 0 Å². The van der Waals surface area contributed by atoms with Crippen LogP contribution in [0, 0.1) is 6.92 Å². The maximum atomic E-state index is 11.9. The summed E-state index contributed by atoms with van der Waals surface area (Å²) >= 11 is 0. The van der Waals surface area contributed by atoms with Crippen LogP contribution in [0.25, 0.3) is 0 Å². The van der Waals surface area contributed by atoms with Crippen molar-refractivity contribution in [3.05, 3.63) is 101 Å². The third-order valence-electron chi connectivity index (χ3n) is 5.82. The highest BCUT2D eigenvalue weighted by molar-refractivity contribution is 5.74. The Kier molecular flexibility index (Phi) is 6.15. The molecule has 2 atom stereocenters. The van der Waals surface area contributed by atoms with Gasteiger partial charge in [0.15, 0.2) is 0 Å². The first-order valence-corrected chi connectivity index (χ1v) is 10.4. The van der Waals surface area contributed by atoms with Crippen LogP contribution in [0.1, 0.15) is 41.1 Å². The molecule has 0 saturated carbocycles. The second kappa shape index (κ2) is 9.14. The van der Waals surface area contributed by atoms with E-state index in [2.05, 4.69) is 36.1 Å². The lowest BCUT2D eigenvalue weighted by atomic mass is 9.93. The largest absolute Gasteiger partial charge is 0.489 e. The van der Waals surface area contributed by atoms with Gasteiger partial charge in [-0.25, -0.2) is 0 Å². The number of hydrogen-bond donors (Lipinski definition) is 1. The fraction of sp³-hybridized carbons (Fsp3) is 0.269. The first-order chi connectivity index (χ1) is 14.6. The van der Waals surface area contributed by atoms with E-state index in [9.17, 15) is 9.90 Å². The lowest BCUT2D eigenvalue weighted by molar-refractivity contribution is -0.142. The van der Waals surface area contributed by atoms with E-state index in [0.717, 1.165) is 41.0 Å². The molecule has 4 rings (SSSR count). The zero-order valence-electron chi connectivity index (χ0n) is 17.2. The number of aryl methyl sites for hydroxylation is 1. The van der Waals surface area contributed by atoms with E-state index in [0.29, 0.717) is 13.0 Å². The third-order valence-corrected chi connectivity index (χ3v) is 5.82. The lowest BCUT2D eigenvalue weighted by Gasteiger charge is -2.33. The SMILES string of the molecule is Cc1ccccc1C(c1cccc(OCc2ccccc2)c1)N1CCCC1C(=O)O. The molecule has 0 amide bonds. The van der Waals surface area contributed by atoms with Crippen LogP contribution in [0.15, 0.2) is 78.9 Å². The van der Waals surface area contributed by atoms with Gasteiger partial charge in [-0.15, -0.1) is 0 Å². The zero-order chi connectivity index (χ0) is 20.9. The van der Waals surface area contributed by atoms with Gasteiger partial charge in [0.2, 0.25) is 0 Å². The summed E-state index contributed by atoms with van der Waals surface area (Å²) in [5.41, 5.74) is 4.48. The monoisotopic (exact) mass is 401 g/mol. The number of ether oxygens (including phenoxy) is 1. The number of rotatable bonds is 7. The van der Waals surface area contributed by atoms with Crippen molar-refractivity contribution in [3.8, 4) is 5.75 Å². The number of nitrogens with zero attached hydrogens (tertiary/aromatic N) is 1. The third kappa shape index (κ3) is 4.39. The van der Waals surface area contributed by atoms with Gasteiger partial charge in [-0.05, 0) is 54.2 Å². The topological polar surface area (TPSA) is 49.8 Å². The molecule has 0 bridgehead atoms. The Bertz CT molecular complexity index is 1000. The lowest BCUT2D eigenvalue weighted by Crippen LogP contribution is -2.39. The van der Waals surface area contributed by atoms with E-state index >= 15 is 0 Å². The summed E-state index contributed by atoms with van der Waals surface area (Å²) in [6, 6.07) is 25.8. The smallest absolute Gasteiger partial charge is 0.320 e. The van der Waals surface area contributed by atoms with Gasteiger partial charge in [0, 0.05) is 6.54 Å². The molecule has 1 N–H and O–H groups in total. The molecule has 4 nitrogen and oxygen atoms in total. The molecule has 1 saturated heterocycles. The van der Waals surface area contributed by atoms with Gasteiger partial charge in [0.1, 0.15) is 18.4 Å². The summed E-state index contributed by atoms with van der Waals surface area (Å²) in [4.78, 5) is 14.0. The maximum Gasteiger partial charge on any atom is 0.320 e. The zero-order valence-corrected chi connectivity index (χ0v) is 17.2.